The van der Waals surface area contributed by atoms with Crippen LogP contribution in [-0.4, -0.2) is 34.8 Å². The summed E-state index contributed by atoms with van der Waals surface area (Å²) in [5, 5.41) is 3.01. The molecule has 0 aliphatic carbocycles. The maximum Gasteiger partial charge on any atom is 0.223 e. The first-order valence-electron chi connectivity index (χ1n) is 10.1. The molecule has 3 heterocycles. The molecular formula is C23H26N4O2. The molecule has 1 atom stereocenters. The Bertz CT molecular complexity index is 934. The zero-order valence-corrected chi connectivity index (χ0v) is 16.7. The summed E-state index contributed by atoms with van der Waals surface area (Å²) in [6.07, 6.45) is 8.12. The van der Waals surface area contributed by atoms with E-state index in [0.29, 0.717) is 6.54 Å². The first-order chi connectivity index (χ1) is 14.1. The van der Waals surface area contributed by atoms with E-state index >= 15 is 0 Å². The van der Waals surface area contributed by atoms with Crippen LogP contribution in [0.5, 0.6) is 0 Å². The van der Waals surface area contributed by atoms with E-state index in [1.54, 1.807) is 17.3 Å². The number of carbonyl (C=O) groups excluding carboxylic acids is 2. The highest BCUT2D eigenvalue weighted by atomic mass is 16.2. The minimum Gasteiger partial charge on any atom is -0.357 e. The maximum absolute atomic E-state index is 12.7. The molecule has 1 fully saturated rings. The van der Waals surface area contributed by atoms with Gasteiger partial charge in [-0.2, -0.15) is 0 Å². The highest BCUT2D eigenvalue weighted by Gasteiger charge is 2.28. The number of fused-ring (bicyclic) bond motifs is 1. The molecule has 1 saturated heterocycles. The van der Waals surface area contributed by atoms with Crippen molar-refractivity contribution in [1.82, 2.24) is 15.2 Å². The number of nitrogens with zero attached hydrogens (tertiary/aromatic N) is 3. The van der Waals surface area contributed by atoms with E-state index in [4.69, 9.17) is 0 Å². The number of hydrogen-bond donors (Lipinski definition) is 1. The number of rotatable bonds is 5. The van der Waals surface area contributed by atoms with Crippen molar-refractivity contribution in [2.45, 2.75) is 38.8 Å². The molecule has 0 spiro atoms. The first kappa shape index (κ1) is 19.2. The molecule has 1 aromatic heterocycles. The molecular weight excluding hydrogens is 364 g/mol. The lowest BCUT2D eigenvalue weighted by Gasteiger charge is -2.32. The molecule has 150 valence electrons. The number of nitrogens with one attached hydrogen (secondary N) is 1. The Labute approximate surface area is 171 Å². The molecule has 1 N–H and O–H groups in total. The van der Waals surface area contributed by atoms with Crippen molar-refractivity contribution in [3.8, 4) is 0 Å². The molecule has 0 saturated carbocycles. The molecule has 2 amide bonds. The van der Waals surface area contributed by atoms with Gasteiger partial charge in [-0.05, 0) is 47.7 Å². The van der Waals surface area contributed by atoms with Crippen LogP contribution in [0.15, 0.2) is 48.8 Å². The van der Waals surface area contributed by atoms with Crippen LogP contribution in [-0.2, 0) is 16.1 Å². The molecule has 2 aliphatic heterocycles. The Balaban J connectivity index is 1.42. The summed E-state index contributed by atoms with van der Waals surface area (Å²) in [4.78, 5) is 33.2. The molecule has 1 unspecified atom stereocenters. The molecule has 2 aliphatic rings. The van der Waals surface area contributed by atoms with Gasteiger partial charge in [0.05, 0.1) is 12.5 Å². The van der Waals surface area contributed by atoms with Crippen molar-refractivity contribution >= 4 is 23.7 Å². The Morgan fingerprint density at radius 1 is 1.17 bits per heavy atom. The predicted octanol–water partition coefficient (Wildman–Crippen LogP) is 3.26. The minimum absolute atomic E-state index is 0.0714. The van der Waals surface area contributed by atoms with Gasteiger partial charge in [0.1, 0.15) is 5.82 Å². The van der Waals surface area contributed by atoms with Gasteiger partial charge in [-0.25, -0.2) is 4.98 Å². The van der Waals surface area contributed by atoms with Gasteiger partial charge in [-0.1, -0.05) is 24.3 Å². The average molecular weight is 390 g/mol. The van der Waals surface area contributed by atoms with Crippen molar-refractivity contribution in [2.75, 3.05) is 18.0 Å². The number of aromatic nitrogens is 1. The third-order valence-corrected chi connectivity index (χ3v) is 5.58. The molecule has 4 rings (SSSR count). The predicted molar refractivity (Wildman–Crippen MR) is 113 cm³/mol. The van der Waals surface area contributed by atoms with Gasteiger partial charge in [0.2, 0.25) is 11.8 Å². The molecule has 0 bridgehead atoms. The fourth-order valence-corrected chi connectivity index (χ4v) is 4.05. The fraction of sp³-hybridized carbons (Fsp3) is 0.348. The molecule has 2 aromatic rings. The Hall–Kier alpha value is -3.15. The topological polar surface area (TPSA) is 65.5 Å². The molecule has 29 heavy (non-hydrogen) atoms. The Morgan fingerprint density at radius 3 is 2.76 bits per heavy atom. The van der Waals surface area contributed by atoms with E-state index in [2.05, 4.69) is 15.2 Å². The Kier molecular flexibility index (Phi) is 5.60. The number of anilines is 1. The normalized spacial score (nSPS) is 17.9. The van der Waals surface area contributed by atoms with E-state index < -0.39 is 0 Å². The highest BCUT2D eigenvalue weighted by Crippen LogP contribution is 2.32. The summed E-state index contributed by atoms with van der Waals surface area (Å²) in [5.41, 5.74) is 3.08. The monoisotopic (exact) mass is 390 g/mol. The van der Waals surface area contributed by atoms with Crippen molar-refractivity contribution < 1.29 is 9.59 Å². The molecule has 6 nitrogen and oxygen atoms in total. The van der Waals surface area contributed by atoms with Crippen LogP contribution in [0.2, 0.25) is 0 Å². The van der Waals surface area contributed by atoms with Gasteiger partial charge < -0.3 is 15.1 Å². The summed E-state index contributed by atoms with van der Waals surface area (Å²) >= 11 is 0. The van der Waals surface area contributed by atoms with Crippen molar-refractivity contribution in [3.63, 3.8) is 0 Å². The quantitative estimate of drug-likeness (QED) is 0.851. The lowest BCUT2D eigenvalue weighted by atomic mass is 9.93. The van der Waals surface area contributed by atoms with E-state index in [-0.39, 0.29) is 24.3 Å². The van der Waals surface area contributed by atoms with Gasteiger partial charge >= 0.3 is 0 Å². The van der Waals surface area contributed by atoms with E-state index in [1.807, 2.05) is 42.5 Å². The number of benzene rings is 1. The zero-order valence-electron chi connectivity index (χ0n) is 16.7. The number of hydrogen-bond acceptors (Lipinski definition) is 4. The number of amides is 2. The third kappa shape index (κ3) is 4.31. The minimum atomic E-state index is -0.286. The zero-order chi connectivity index (χ0) is 20.2. The highest BCUT2D eigenvalue weighted by molar-refractivity contribution is 5.81. The first-order valence-corrected chi connectivity index (χ1v) is 10.1. The van der Waals surface area contributed by atoms with Crippen LogP contribution in [0.4, 0.5) is 5.82 Å². The summed E-state index contributed by atoms with van der Waals surface area (Å²) in [6.45, 7) is 4.06. The van der Waals surface area contributed by atoms with Crippen LogP contribution < -0.4 is 10.2 Å². The summed E-state index contributed by atoms with van der Waals surface area (Å²) in [6, 6.07) is 11.6. The van der Waals surface area contributed by atoms with E-state index in [0.717, 1.165) is 35.6 Å². The van der Waals surface area contributed by atoms with Gasteiger partial charge in [-0.3, -0.25) is 9.59 Å². The lowest BCUT2D eigenvalue weighted by Crippen LogP contribution is -2.35. The van der Waals surface area contributed by atoms with Crippen molar-refractivity contribution in [1.29, 1.82) is 0 Å². The van der Waals surface area contributed by atoms with Crippen LogP contribution >= 0.6 is 0 Å². The van der Waals surface area contributed by atoms with Crippen LogP contribution in [0.1, 0.15) is 48.9 Å². The second-order valence-electron chi connectivity index (χ2n) is 7.58. The molecule has 1 aromatic carbocycles. The van der Waals surface area contributed by atoms with Crippen LogP contribution in [0.25, 0.3) is 6.08 Å². The van der Waals surface area contributed by atoms with Gasteiger partial charge in [-0.15, -0.1) is 0 Å². The smallest absolute Gasteiger partial charge is 0.223 e. The molecule has 0 radical (unpaired) electrons. The fourth-order valence-electron chi connectivity index (χ4n) is 4.05. The SMILES string of the molecule is CC(=O)N1C=Cc2ccccc2C1CC(=O)NCc1ccnc(N2CCCC2)c1. The van der Waals surface area contributed by atoms with E-state index in [9.17, 15) is 9.59 Å². The maximum atomic E-state index is 12.7. The second-order valence-corrected chi connectivity index (χ2v) is 7.58. The van der Waals surface area contributed by atoms with Gasteiger partial charge in [0, 0.05) is 39.0 Å². The molecule has 6 heteroatoms. The summed E-state index contributed by atoms with van der Waals surface area (Å²) in [5.74, 6) is 0.826. The largest absolute Gasteiger partial charge is 0.357 e. The van der Waals surface area contributed by atoms with Gasteiger partial charge in [0.15, 0.2) is 0 Å². The number of pyridine rings is 1. The number of carbonyl (C=O) groups is 2. The third-order valence-electron chi connectivity index (χ3n) is 5.58. The van der Waals surface area contributed by atoms with Crippen molar-refractivity contribution in [3.05, 3.63) is 65.5 Å². The second kappa shape index (κ2) is 8.47. The standard InChI is InChI=1S/C23H26N4O2/c1-17(28)27-13-9-19-6-2-3-7-20(19)21(27)15-23(29)25-16-18-8-10-24-22(14-18)26-11-4-5-12-26/h2-3,6-10,13-14,21H,4-5,11-12,15-16H2,1H3,(H,25,29). The van der Waals surface area contributed by atoms with E-state index in [1.165, 1.54) is 19.8 Å². The summed E-state index contributed by atoms with van der Waals surface area (Å²) < 4.78 is 0. The lowest BCUT2D eigenvalue weighted by molar-refractivity contribution is -0.130. The van der Waals surface area contributed by atoms with Gasteiger partial charge in [0.25, 0.3) is 0 Å². The average Bonchev–Trinajstić information content (AvgIpc) is 3.27. The summed E-state index contributed by atoms with van der Waals surface area (Å²) in [7, 11) is 0. The van der Waals surface area contributed by atoms with Crippen LogP contribution in [0.3, 0.4) is 0 Å². The van der Waals surface area contributed by atoms with Crippen molar-refractivity contribution in [2.24, 2.45) is 0 Å². The Morgan fingerprint density at radius 2 is 1.97 bits per heavy atom. The van der Waals surface area contributed by atoms with Crippen LogP contribution in [0, 0.1) is 0 Å².